The zero-order chi connectivity index (χ0) is 13.8. The highest BCUT2D eigenvalue weighted by atomic mass is 32.2. The number of aromatic nitrogens is 2. The van der Waals surface area contributed by atoms with Crippen LogP contribution in [0.1, 0.15) is 11.1 Å². The molecule has 1 unspecified atom stereocenters. The molecule has 0 saturated carbocycles. The fourth-order valence-corrected chi connectivity index (χ4v) is 2.54. The standard InChI is InChI=1S/C13H16N2O3S/c1-10-8-14-15(13(10)19(16)18-3)9-11-4-6-12(17-2)7-5-11/h4-8H,9H2,1-3H3. The monoisotopic (exact) mass is 280 g/mol. The largest absolute Gasteiger partial charge is 0.497 e. The van der Waals surface area contributed by atoms with Gasteiger partial charge in [0.25, 0.3) is 0 Å². The van der Waals surface area contributed by atoms with Crippen LogP contribution in [0, 0.1) is 6.92 Å². The zero-order valence-electron chi connectivity index (χ0n) is 11.1. The Morgan fingerprint density at radius 1 is 1.26 bits per heavy atom. The van der Waals surface area contributed by atoms with Crippen molar-refractivity contribution in [3.05, 3.63) is 41.6 Å². The molecule has 0 aliphatic heterocycles. The van der Waals surface area contributed by atoms with Gasteiger partial charge in [-0.1, -0.05) is 12.1 Å². The Morgan fingerprint density at radius 3 is 2.53 bits per heavy atom. The Bertz CT molecular complexity index is 578. The van der Waals surface area contributed by atoms with E-state index in [0.717, 1.165) is 16.9 Å². The smallest absolute Gasteiger partial charge is 0.208 e. The Balaban J connectivity index is 2.25. The van der Waals surface area contributed by atoms with Gasteiger partial charge in [0.1, 0.15) is 5.75 Å². The van der Waals surface area contributed by atoms with Gasteiger partial charge in [0, 0.05) is 5.56 Å². The summed E-state index contributed by atoms with van der Waals surface area (Å²) in [6, 6.07) is 7.68. The second-order valence-electron chi connectivity index (χ2n) is 4.04. The average Bonchev–Trinajstić information content (AvgIpc) is 2.80. The van der Waals surface area contributed by atoms with Crippen molar-refractivity contribution < 1.29 is 13.1 Å². The van der Waals surface area contributed by atoms with E-state index in [9.17, 15) is 4.21 Å². The van der Waals surface area contributed by atoms with Crippen molar-refractivity contribution >= 4 is 11.1 Å². The molecular formula is C13H16N2O3S. The molecule has 0 amide bonds. The SMILES string of the molecule is COc1ccc(Cn2ncc(C)c2S(=O)OC)cc1. The summed E-state index contributed by atoms with van der Waals surface area (Å²) in [7, 11) is 3.05. The maximum Gasteiger partial charge on any atom is 0.208 e. The van der Waals surface area contributed by atoms with E-state index in [0.29, 0.717) is 11.6 Å². The lowest BCUT2D eigenvalue weighted by molar-refractivity contribution is 0.414. The van der Waals surface area contributed by atoms with Crippen molar-refractivity contribution in [1.82, 2.24) is 9.78 Å². The van der Waals surface area contributed by atoms with Crippen molar-refractivity contribution in [2.45, 2.75) is 18.5 Å². The molecule has 2 rings (SSSR count). The first kappa shape index (κ1) is 13.8. The van der Waals surface area contributed by atoms with E-state index < -0.39 is 11.1 Å². The molecule has 6 heteroatoms. The Morgan fingerprint density at radius 2 is 1.95 bits per heavy atom. The summed E-state index contributed by atoms with van der Waals surface area (Å²) in [6.45, 7) is 2.41. The van der Waals surface area contributed by atoms with Gasteiger partial charge in [0.15, 0.2) is 5.03 Å². The van der Waals surface area contributed by atoms with Gasteiger partial charge in [-0.15, -0.1) is 0 Å². The van der Waals surface area contributed by atoms with Crippen LogP contribution in [0.25, 0.3) is 0 Å². The Labute approximate surface area is 114 Å². The second kappa shape index (κ2) is 5.99. The molecule has 2 aromatic rings. The molecule has 0 fully saturated rings. The van der Waals surface area contributed by atoms with E-state index in [1.165, 1.54) is 7.11 Å². The Hall–Kier alpha value is -1.66. The third kappa shape index (κ3) is 3.02. The van der Waals surface area contributed by atoms with Crippen LogP contribution in [0.5, 0.6) is 5.75 Å². The van der Waals surface area contributed by atoms with Gasteiger partial charge in [0.2, 0.25) is 11.1 Å². The van der Waals surface area contributed by atoms with Gasteiger partial charge in [-0.25, -0.2) is 8.89 Å². The minimum atomic E-state index is -1.49. The van der Waals surface area contributed by atoms with Crippen LogP contribution >= 0.6 is 0 Å². The molecule has 102 valence electrons. The number of hydrogen-bond donors (Lipinski definition) is 0. The van der Waals surface area contributed by atoms with Gasteiger partial charge in [-0.3, -0.25) is 4.18 Å². The predicted octanol–water partition coefficient (Wildman–Crippen LogP) is 1.92. The molecule has 0 saturated heterocycles. The van der Waals surface area contributed by atoms with Crippen LogP contribution < -0.4 is 4.74 Å². The van der Waals surface area contributed by atoms with Crippen molar-refractivity contribution in [3.63, 3.8) is 0 Å². The van der Waals surface area contributed by atoms with Crippen LogP contribution in [0.2, 0.25) is 0 Å². The molecule has 0 spiro atoms. The quantitative estimate of drug-likeness (QED) is 0.839. The molecular weight excluding hydrogens is 264 g/mol. The van der Waals surface area contributed by atoms with Gasteiger partial charge < -0.3 is 4.74 Å². The summed E-state index contributed by atoms with van der Waals surface area (Å²) in [4.78, 5) is 0. The van der Waals surface area contributed by atoms with E-state index in [2.05, 4.69) is 5.10 Å². The van der Waals surface area contributed by atoms with Crippen LogP contribution in [0.3, 0.4) is 0 Å². The average molecular weight is 280 g/mol. The third-order valence-electron chi connectivity index (χ3n) is 2.76. The summed E-state index contributed by atoms with van der Waals surface area (Å²) >= 11 is -1.49. The lowest BCUT2D eigenvalue weighted by Crippen LogP contribution is -2.09. The number of methoxy groups -OCH3 is 1. The number of nitrogens with zero attached hydrogens (tertiary/aromatic N) is 2. The van der Waals surface area contributed by atoms with E-state index in [-0.39, 0.29) is 0 Å². The summed E-state index contributed by atoms with van der Waals surface area (Å²) in [5, 5.41) is 4.83. The number of hydrogen-bond acceptors (Lipinski definition) is 4. The molecule has 1 atom stereocenters. The number of rotatable bonds is 5. The van der Waals surface area contributed by atoms with Crippen LogP contribution in [0.4, 0.5) is 0 Å². The first-order valence-electron chi connectivity index (χ1n) is 5.77. The molecule has 0 bridgehead atoms. The highest BCUT2D eigenvalue weighted by Crippen LogP contribution is 2.17. The lowest BCUT2D eigenvalue weighted by atomic mass is 10.2. The van der Waals surface area contributed by atoms with E-state index in [4.69, 9.17) is 8.92 Å². The molecule has 0 aliphatic carbocycles. The molecule has 0 aliphatic rings. The molecule has 1 aromatic heterocycles. The number of benzene rings is 1. The molecule has 5 nitrogen and oxygen atoms in total. The summed E-state index contributed by atoms with van der Waals surface area (Å²) in [6.07, 6.45) is 1.69. The summed E-state index contributed by atoms with van der Waals surface area (Å²) in [5.41, 5.74) is 1.91. The van der Waals surface area contributed by atoms with Gasteiger partial charge in [-0.2, -0.15) is 5.10 Å². The molecule has 1 aromatic carbocycles. The molecule has 0 radical (unpaired) electrons. The molecule has 0 N–H and O–H groups in total. The normalized spacial score (nSPS) is 12.4. The van der Waals surface area contributed by atoms with Crippen LogP contribution in [-0.4, -0.2) is 28.2 Å². The third-order valence-corrected chi connectivity index (χ3v) is 3.91. The Kier molecular flexibility index (Phi) is 4.34. The van der Waals surface area contributed by atoms with E-state index in [1.54, 1.807) is 18.0 Å². The minimum Gasteiger partial charge on any atom is -0.497 e. The van der Waals surface area contributed by atoms with Gasteiger partial charge in [0.05, 0.1) is 27.0 Å². The predicted molar refractivity (Wildman–Crippen MR) is 72.5 cm³/mol. The maximum atomic E-state index is 11.8. The first-order chi connectivity index (χ1) is 9.15. The fraction of sp³-hybridized carbons (Fsp3) is 0.308. The summed E-state index contributed by atoms with van der Waals surface area (Å²) in [5.74, 6) is 0.807. The van der Waals surface area contributed by atoms with Gasteiger partial charge >= 0.3 is 0 Å². The van der Waals surface area contributed by atoms with Crippen molar-refractivity contribution in [2.75, 3.05) is 14.2 Å². The van der Waals surface area contributed by atoms with Crippen LogP contribution in [-0.2, 0) is 21.8 Å². The fourth-order valence-electron chi connectivity index (χ4n) is 1.78. The van der Waals surface area contributed by atoms with Crippen molar-refractivity contribution in [1.29, 1.82) is 0 Å². The van der Waals surface area contributed by atoms with Crippen molar-refractivity contribution in [3.8, 4) is 5.75 Å². The highest BCUT2D eigenvalue weighted by Gasteiger charge is 2.14. The number of aryl methyl sites for hydroxylation is 1. The molecule has 1 heterocycles. The van der Waals surface area contributed by atoms with E-state index >= 15 is 0 Å². The zero-order valence-corrected chi connectivity index (χ0v) is 11.9. The maximum absolute atomic E-state index is 11.8. The van der Waals surface area contributed by atoms with Crippen molar-refractivity contribution in [2.24, 2.45) is 0 Å². The van der Waals surface area contributed by atoms with Crippen LogP contribution in [0.15, 0.2) is 35.5 Å². The number of ether oxygens (including phenoxy) is 1. The lowest BCUT2D eigenvalue weighted by Gasteiger charge is -2.08. The highest BCUT2D eigenvalue weighted by molar-refractivity contribution is 7.80. The van der Waals surface area contributed by atoms with Gasteiger partial charge in [-0.05, 0) is 24.6 Å². The first-order valence-corrected chi connectivity index (χ1v) is 6.84. The second-order valence-corrected chi connectivity index (χ2v) is 5.23. The minimum absolute atomic E-state index is 0.544. The van der Waals surface area contributed by atoms with E-state index in [1.807, 2.05) is 31.2 Å². The topological polar surface area (TPSA) is 53.4 Å². The molecule has 19 heavy (non-hydrogen) atoms. The summed E-state index contributed by atoms with van der Waals surface area (Å²) < 4.78 is 23.5.